The molecule has 0 unspecified atom stereocenters. The minimum atomic E-state index is 0.534. The van der Waals surface area contributed by atoms with E-state index in [9.17, 15) is 0 Å². The molecule has 0 saturated heterocycles. The van der Waals surface area contributed by atoms with Gasteiger partial charge in [0.2, 0.25) is 0 Å². The molecular weight excluding hydrogens is 226 g/mol. The van der Waals surface area contributed by atoms with Gasteiger partial charge in [0.05, 0.1) is 6.54 Å². The van der Waals surface area contributed by atoms with Crippen molar-refractivity contribution in [3.63, 3.8) is 0 Å². The smallest absolute Gasteiger partial charge is 0.184 e. The zero-order valence-corrected chi connectivity index (χ0v) is 8.92. The van der Waals surface area contributed by atoms with E-state index in [1.807, 2.05) is 5.38 Å². The number of hydrogen-bond acceptors (Lipinski definition) is 5. The van der Waals surface area contributed by atoms with E-state index >= 15 is 0 Å². The van der Waals surface area contributed by atoms with Gasteiger partial charge in [-0.15, -0.1) is 22.7 Å². The van der Waals surface area contributed by atoms with Gasteiger partial charge in [-0.05, 0) is 0 Å². The Hall–Kier alpha value is -0.650. The molecule has 0 atom stereocenters. The molecule has 0 saturated carbocycles. The zero-order valence-electron chi connectivity index (χ0n) is 6.53. The molecule has 2 aromatic heterocycles. The van der Waals surface area contributed by atoms with Crippen molar-refractivity contribution in [1.82, 2.24) is 9.97 Å². The van der Waals surface area contributed by atoms with Crippen molar-refractivity contribution in [3.05, 3.63) is 27.1 Å². The van der Waals surface area contributed by atoms with E-state index in [-0.39, 0.29) is 0 Å². The van der Waals surface area contributed by atoms with E-state index in [0.717, 1.165) is 10.1 Å². The molecule has 13 heavy (non-hydrogen) atoms. The first kappa shape index (κ1) is 8.93. The van der Waals surface area contributed by atoms with Crippen LogP contribution in [0.1, 0.15) is 5.01 Å². The molecule has 1 N–H and O–H groups in total. The minimum Gasteiger partial charge on any atom is -0.355 e. The van der Waals surface area contributed by atoms with Gasteiger partial charge in [0.15, 0.2) is 5.13 Å². The summed E-state index contributed by atoms with van der Waals surface area (Å²) in [6, 6.07) is 0. The number of rotatable bonds is 3. The number of anilines is 1. The highest BCUT2D eigenvalue weighted by Crippen LogP contribution is 2.19. The Morgan fingerprint density at radius 3 is 3.00 bits per heavy atom. The quantitative estimate of drug-likeness (QED) is 0.883. The Labute approximate surface area is 88.4 Å². The number of nitrogens with zero attached hydrogens (tertiary/aromatic N) is 2. The number of hydrogen-bond donors (Lipinski definition) is 1. The molecule has 6 heteroatoms. The summed E-state index contributed by atoms with van der Waals surface area (Å²) in [7, 11) is 0. The molecule has 2 aromatic rings. The van der Waals surface area contributed by atoms with Gasteiger partial charge in [0.1, 0.15) is 10.2 Å². The highest BCUT2D eigenvalue weighted by Gasteiger charge is 1.99. The van der Waals surface area contributed by atoms with Crippen LogP contribution >= 0.6 is 34.3 Å². The fourth-order valence-electron chi connectivity index (χ4n) is 0.827. The van der Waals surface area contributed by atoms with Gasteiger partial charge in [-0.25, -0.2) is 9.97 Å². The van der Waals surface area contributed by atoms with Gasteiger partial charge in [-0.3, -0.25) is 0 Å². The maximum Gasteiger partial charge on any atom is 0.184 e. The van der Waals surface area contributed by atoms with Crippen molar-refractivity contribution in [2.45, 2.75) is 6.54 Å². The van der Waals surface area contributed by atoms with Crippen LogP contribution in [0, 0.1) is 0 Å². The van der Waals surface area contributed by atoms with E-state index < -0.39 is 0 Å². The molecule has 0 fully saturated rings. The molecule has 2 rings (SSSR count). The predicted octanol–water partition coefficient (Wildman–Crippen LogP) is 2.87. The fourth-order valence-corrected chi connectivity index (χ4v) is 2.22. The summed E-state index contributed by atoms with van der Waals surface area (Å²) < 4.78 is 0. The average Bonchev–Trinajstić information content (AvgIpc) is 2.71. The summed E-state index contributed by atoms with van der Waals surface area (Å²) in [5, 5.41) is 9.30. The third-order valence-corrected chi connectivity index (χ3v) is 3.25. The lowest BCUT2D eigenvalue weighted by Gasteiger charge is -1.96. The molecule has 2 heterocycles. The molecule has 68 valence electrons. The average molecular weight is 232 g/mol. The molecule has 0 aliphatic heterocycles. The topological polar surface area (TPSA) is 37.8 Å². The first-order valence-corrected chi connectivity index (χ1v) is 5.71. The molecule has 3 nitrogen and oxygen atoms in total. The highest BCUT2D eigenvalue weighted by molar-refractivity contribution is 7.14. The predicted molar refractivity (Wildman–Crippen MR) is 56.6 cm³/mol. The van der Waals surface area contributed by atoms with Crippen molar-refractivity contribution in [3.8, 4) is 0 Å². The standard InChI is InChI=1S/C7H6ClN3S2/c8-5-4-13-7(11-5)10-3-6-9-1-2-12-6/h1-2,4H,3H2,(H,10,11). The molecule has 0 aliphatic rings. The van der Waals surface area contributed by atoms with Crippen LogP contribution in [0.15, 0.2) is 17.0 Å². The van der Waals surface area contributed by atoms with E-state index in [4.69, 9.17) is 11.6 Å². The van der Waals surface area contributed by atoms with Crippen LogP contribution < -0.4 is 5.32 Å². The second-order valence-corrected chi connectivity index (χ2v) is 4.48. The van der Waals surface area contributed by atoms with Crippen LogP contribution in [-0.2, 0) is 6.54 Å². The Morgan fingerprint density at radius 1 is 1.46 bits per heavy atom. The Kier molecular flexibility index (Phi) is 2.77. The highest BCUT2D eigenvalue weighted by atomic mass is 35.5. The number of nitrogens with one attached hydrogen (secondary N) is 1. The summed E-state index contributed by atoms with van der Waals surface area (Å²) in [6.07, 6.45) is 1.79. The van der Waals surface area contributed by atoms with Crippen LogP contribution in [0.4, 0.5) is 5.13 Å². The monoisotopic (exact) mass is 231 g/mol. The normalized spacial score (nSPS) is 10.2. The third kappa shape index (κ3) is 2.40. The van der Waals surface area contributed by atoms with Crippen molar-refractivity contribution < 1.29 is 0 Å². The number of halogens is 1. The van der Waals surface area contributed by atoms with Gasteiger partial charge >= 0.3 is 0 Å². The molecule has 0 aromatic carbocycles. The van der Waals surface area contributed by atoms with E-state index in [1.54, 1.807) is 22.9 Å². The summed E-state index contributed by atoms with van der Waals surface area (Å²) >= 11 is 8.78. The molecule has 0 amide bonds. The van der Waals surface area contributed by atoms with Crippen LogP contribution in [0.25, 0.3) is 0 Å². The summed E-state index contributed by atoms with van der Waals surface area (Å²) in [6.45, 7) is 0.710. The van der Waals surface area contributed by atoms with Crippen LogP contribution in [0.3, 0.4) is 0 Å². The molecule has 0 aliphatic carbocycles. The van der Waals surface area contributed by atoms with Crippen LogP contribution in [0.2, 0.25) is 5.15 Å². The first-order chi connectivity index (χ1) is 6.34. The SMILES string of the molecule is Clc1csc(NCc2nccs2)n1. The minimum absolute atomic E-state index is 0.534. The number of thiazole rings is 2. The summed E-state index contributed by atoms with van der Waals surface area (Å²) in [4.78, 5) is 8.20. The lowest BCUT2D eigenvalue weighted by Crippen LogP contribution is -1.97. The van der Waals surface area contributed by atoms with Crippen molar-refractivity contribution >= 4 is 39.4 Å². The lowest BCUT2D eigenvalue weighted by atomic mass is 10.7. The third-order valence-electron chi connectivity index (χ3n) is 1.35. The Bertz CT molecular complexity index is 371. The van der Waals surface area contributed by atoms with Gasteiger partial charge < -0.3 is 5.32 Å². The van der Waals surface area contributed by atoms with E-state index in [0.29, 0.717) is 11.7 Å². The zero-order chi connectivity index (χ0) is 9.10. The second kappa shape index (κ2) is 4.04. The largest absolute Gasteiger partial charge is 0.355 e. The van der Waals surface area contributed by atoms with Crippen LogP contribution in [0.5, 0.6) is 0 Å². The molecule has 0 spiro atoms. The van der Waals surface area contributed by atoms with Crippen molar-refractivity contribution in [1.29, 1.82) is 0 Å². The summed E-state index contributed by atoms with van der Waals surface area (Å²) in [5.41, 5.74) is 0. The van der Waals surface area contributed by atoms with Gasteiger partial charge in [-0.2, -0.15) is 0 Å². The van der Waals surface area contributed by atoms with Gasteiger partial charge in [-0.1, -0.05) is 11.6 Å². The molecule has 0 radical (unpaired) electrons. The first-order valence-electron chi connectivity index (χ1n) is 3.58. The molecule has 0 bridgehead atoms. The second-order valence-electron chi connectivity index (χ2n) is 2.25. The van der Waals surface area contributed by atoms with E-state index in [2.05, 4.69) is 15.3 Å². The Balaban J connectivity index is 1.93. The lowest BCUT2D eigenvalue weighted by molar-refractivity contribution is 1.09. The maximum atomic E-state index is 5.67. The van der Waals surface area contributed by atoms with E-state index in [1.165, 1.54) is 11.3 Å². The molecular formula is C7H6ClN3S2. The maximum absolute atomic E-state index is 5.67. The van der Waals surface area contributed by atoms with Gasteiger partial charge in [0.25, 0.3) is 0 Å². The Morgan fingerprint density at radius 2 is 2.38 bits per heavy atom. The van der Waals surface area contributed by atoms with Crippen molar-refractivity contribution in [2.24, 2.45) is 0 Å². The van der Waals surface area contributed by atoms with Crippen LogP contribution in [-0.4, -0.2) is 9.97 Å². The fraction of sp³-hybridized carbons (Fsp3) is 0.143. The summed E-state index contributed by atoms with van der Waals surface area (Å²) in [5.74, 6) is 0. The number of aromatic nitrogens is 2. The van der Waals surface area contributed by atoms with Crippen molar-refractivity contribution in [2.75, 3.05) is 5.32 Å². The van der Waals surface area contributed by atoms with Gasteiger partial charge in [0, 0.05) is 17.0 Å².